The number of nitrogens with one attached hydrogen (secondary N) is 1. The number of carbonyl (C=O) groups is 1. The van der Waals surface area contributed by atoms with E-state index in [4.69, 9.17) is 9.47 Å². The highest BCUT2D eigenvalue weighted by Gasteiger charge is 2.13. The summed E-state index contributed by atoms with van der Waals surface area (Å²) in [5.41, 5.74) is 2.66. The summed E-state index contributed by atoms with van der Waals surface area (Å²) >= 11 is 0. The fourth-order valence-corrected chi connectivity index (χ4v) is 3.57. The molecule has 1 N–H and O–H groups in total. The highest BCUT2D eigenvalue weighted by Crippen LogP contribution is 2.28. The summed E-state index contributed by atoms with van der Waals surface area (Å²) in [5, 5.41) is 2.83. The van der Waals surface area contributed by atoms with Crippen LogP contribution in [-0.4, -0.2) is 17.6 Å². The van der Waals surface area contributed by atoms with Crippen molar-refractivity contribution in [3.8, 4) is 11.5 Å². The Kier molecular flexibility index (Phi) is 7.40. The number of rotatable bonds is 9. The largest absolute Gasteiger partial charge is 0.493 e. The van der Waals surface area contributed by atoms with E-state index in [1.54, 1.807) is 25.4 Å². The van der Waals surface area contributed by atoms with Gasteiger partial charge in [-0.3, -0.25) is 9.59 Å². The van der Waals surface area contributed by atoms with Crippen LogP contribution in [0, 0.1) is 0 Å². The summed E-state index contributed by atoms with van der Waals surface area (Å²) in [7, 11) is 1.58. The van der Waals surface area contributed by atoms with E-state index in [0.717, 1.165) is 16.7 Å². The second kappa shape index (κ2) is 11.0. The van der Waals surface area contributed by atoms with Crippen LogP contribution >= 0.6 is 0 Å². The minimum absolute atomic E-state index is 0.105. The summed E-state index contributed by atoms with van der Waals surface area (Å²) in [5.74, 6) is 0.775. The van der Waals surface area contributed by atoms with E-state index in [9.17, 15) is 9.59 Å². The maximum atomic E-state index is 12.8. The minimum Gasteiger partial charge on any atom is -0.493 e. The van der Waals surface area contributed by atoms with Gasteiger partial charge in [0.15, 0.2) is 11.5 Å². The first-order valence-corrected chi connectivity index (χ1v) is 11.0. The lowest BCUT2D eigenvalue weighted by Gasteiger charge is -2.13. The Morgan fingerprint density at radius 2 is 1.53 bits per heavy atom. The van der Waals surface area contributed by atoms with Gasteiger partial charge in [0.2, 0.25) is 0 Å². The molecule has 1 aromatic heterocycles. The van der Waals surface area contributed by atoms with E-state index in [1.807, 2.05) is 78.9 Å². The fourth-order valence-electron chi connectivity index (χ4n) is 3.57. The second-order valence-corrected chi connectivity index (χ2v) is 7.78. The first-order chi connectivity index (χ1) is 16.6. The van der Waals surface area contributed by atoms with Crippen molar-refractivity contribution in [2.75, 3.05) is 7.11 Å². The molecular formula is C28H26N2O4. The maximum absolute atomic E-state index is 12.8. The fraction of sp³-hybridized carbons (Fsp3) is 0.143. The molecule has 0 aliphatic heterocycles. The molecule has 0 radical (unpaired) electrons. The third kappa shape index (κ3) is 5.72. The van der Waals surface area contributed by atoms with E-state index in [0.29, 0.717) is 24.7 Å². The lowest BCUT2D eigenvalue weighted by atomic mass is 10.1. The van der Waals surface area contributed by atoms with E-state index in [2.05, 4.69) is 5.32 Å². The number of nitrogens with zero attached hydrogens (tertiary/aromatic N) is 1. The van der Waals surface area contributed by atoms with Gasteiger partial charge in [0.05, 0.1) is 13.7 Å². The van der Waals surface area contributed by atoms with Gasteiger partial charge in [-0.1, -0.05) is 66.7 Å². The third-order valence-electron chi connectivity index (χ3n) is 5.38. The number of ether oxygens (including phenoxy) is 2. The molecule has 0 aliphatic rings. The highest BCUT2D eigenvalue weighted by molar-refractivity contribution is 5.93. The molecule has 4 aromatic rings. The monoisotopic (exact) mass is 454 g/mol. The second-order valence-electron chi connectivity index (χ2n) is 7.78. The van der Waals surface area contributed by atoms with Gasteiger partial charge in [-0.15, -0.1) is 0 Å². The number of pyridine rings is 1. The Balaban J connectivity index is 1.40. The zero-order valence-electron chi connectivity index (χ0n) is 18.9. The van der Waals surface area contributed by atoms with Gasteiger partial charge in [-0.05, 0) is 41.0 Å². The molecule has 0 saturated carbocycles. The molecule has 6 heteroatoms. The van der Waals surface area contributed by atoms with Crippen LogP contribution in [-0.2, 0) is 19.7 Å². The van der Waals surface area contributed by atoms with Crippen LogP contribution in [0.2, 0.25) is 0 Å². The van der Waals surface area contributed by atoms with Crippen LogP contribution in [0.1, 0.15) is 27.0 Å². The number of benzene rings is 3. The molecule has 0 bridgehead atoms. The number of hydrogen-bond acceptors (Lipinski definition) is 4. The number of hydrogen-bond donors (Lipinski definition) is 1. The molecule has 3 aromatic carbocycles. The zero-order chi connectivity index (χ0) is 23.8. The SMILES string of the molecule is COc1cc(CNC(=O)c2cccn(Cc3ccccc3)c2=O)ccc1OCc1ccccc1. The van der Waals surface area contributed by atoms with Crippen molar-refractivity contribution in [2.24, 2.45) is 0 Å². The van der Waals surface area contributed by atoms with Gasteiger partial charge in [-0.2, -0.15) is 0 Å². The average molecular weight is 455 g/mol. The van der Waals surface area contributed by atoms with Crippen molar-refractivity contribution >= 4 is 5.91 Å². The molecule has 1 amide bonds. The predicted octanol–water partition coefficient (Wildman–Crippen LogP) is 4.41. The molecule has 4 rings (SSSR count). The summed E-state index contributed by atoms with van der Waals surface area (Å²) < 4.78 is 12.9. The summed E-state index contributed by atoms with van der Waals surface area (Å²) in [6.45, 7) is 1.08. The maximum Gasteiger partial charge on any atom is 0.263 e. The number of amides is 1. The molecular weight excluding hydrogens is 428 g/mol. The third-order valence-corrected chi connectivity index (χ3v) is 5.38. The number of aromatic nitrogens is 1. The van der Waals surface area contributed by atoms with Crippen molar-refractivity contribution < 1.29 is 14.3 Å². The van der Waals surface area contributed by atoms with E-state index in [-0.39, 0.29) is 17.7 Å². The Labute approximate surface area is 198 Å². The standard InChI is InChI=1S/C28H26N2O4/c1-33-26-17-23(14-15-25(26)34-20-22-11-6-3-7-12-22)18-29-27(31)24-13-8-16-30(28(24)32)19-21-9-4-2-5-10-21/h2-17H,18-20H2,1H3,(H,29,31). The van der Waals surface area contributed by atoms with Gasteiger partial charge in [0.25, 0.3) is 11.5 Å². The smallest absolute Gasteiger partial charge is 0.263 e. The molecule has 34 heavy (non-hydrogen) atoms. The lowest BCUT2D eigenvalue weighted by Crippen LogP contribution is -2.32. The van der Waals surface area contributed by atoms with E-state index < -0.39 is 5.91 Å². The Morgan fingerprint density at radius 1 is 0.824 bits per heavy atom. The van der Waals surface area contributed by atoms with Crippen LogP contribution in [0.15, 0.2) is 102 Å². The minimum atomic E-state index is -0.421. The normalized spacial score (nSPS) is 10.5. The molecule has 0 spiro atoms. The number of methoxy groups -OCH3 is 1. The van der Waals surface area contributed by atoms with Crippen LogP contribution in [0.5, 0.6) is 11.5 Å². The molecule has 0 saturated heterocycles. The van der Waals surface area contributed by atoms with E-state index >= 15 is 0 Å². The zero-order valence-corrected chi connectivity index (χ0v) is 18.9. The van der Waals surface area contributed by atoms with Gasteiger partial charge in [0, 0.05) is 12.7 Å². The average Bonchev–Trinajstić information content (AvgIpc) is 2.88. The molecule has 6 nitrogen and oxygen atoms in total. The lowest BCUT2D eigenvalue weighted by molar-refractivity contribution is 0.0948. The highest BCUT2D eigenvalue weighted by atomic mass is 16.5. The Morgan fingerprint density at radius 3 is 2.24 bits per heavy atom. The summed E-state index contributed by atoms with van der Waals surface area (Å²) in [6.07, 6.45) is 1.69. The van der Waals surface area contributed by atoms with Crippen LogP contribution in [0.4, 0.5) is 0 Å². The molecule has 0 fully saturated rings. The first-order valence-electron chi connectivity index (χ1n) is 11.0. The van der Waals surface area contributed by atoms with Gasteiger partial charge < -0.3 is 19.4 Å². The Bertz CT molecular complexity index is 1300. The molecule has 1 heterocycles. The van der Waals surface area contributed by atoms with E-state index in [1.165, 1.54) is 4.57 Å². The predicted molar refractivity (Wildman–Crippen MR) is 131 cm³/mol. The van der Waals surface area contributed by atoms with Gasteiger partial charge in [-0.25, -0.2) is 0 Å². The summed E-state index contributed by atoms with van der Waals surface area (Å²) in [4.78, 5) is 25.6. The molecule has 0 unspecified atom stereocenters. The van der Waals surface area contributed by atoms with Crippen molar-refractivity contribution in [2.45, 2.75) is 19.7 Å². The van der Waals surface area contributed by atoms with Crippen LogP contribution in [0.25, 0.3) is 0 Å². The van der Waals surface area contributed by atoms with Gasteiger partial charge in [0.1, 0.15) is 12.2 Å². The van der Waals surface area contributed by atoms with Crippen molar-refractivity contribution in [3.05, 3.63) is 130 Å². The van der Waals surface area contributed by atoms with Crippen molar-refractivity contribution in [1.29, 1.82) is 0 Å². The molecule has 172 valence electrons. The quantitative estimate of drug-likeness (QED) is 0.407. The first kappa shape index (κ1) is 22.9. The van der Waals surface area contributed by atoms with Crippen LogP contribution in [0.3, 0.4) is 0 Å². The van der Waals surface area contributed by atoms with Crippen molar-refractivity contribution in [1.82, 2.24) is 9.88 Å². The van der Waals surface area contributed by atoms with Crippen LogP contribution < -0.4 is 20.3 Å². The van der Waals surface area contributed by atoms with Crippen molar-refractivity contribution in [3.63, 3.8) is 0 Å². The molecule has 0 atom stereocenters. The molecule has 0 aliphatic carbocycles. The number of carbonyl (C=O) groups excluding carboxylic acids is 1. The summed E-state index contributed by atoms with van der Waals surface area (Å²) in [6, 6.07) is 28.3. The Hall–Kier alpha value is -4.32. The van der Waals surface area contributed by atoms with Gasteiger partial charge >= 0.3 is 0 Å². The topological polar surface area (TPSA) is 69.6 Å².